The third-order valence-corrected chi connectivity index (χ3v) is 2.98. The van der Waals surface area contributed by atoms with Crippen molar-refractivity contribution in [3.8, 4) is 11.1 Å². The second-order valence-electron chi connectivity index (χ2n) is 4.52. The van der Waals surface area contributed by atoms with Crippen molar-refractivity contribution in [3.05, 3.63) is 60.2 Å². The molecule has 0 spiro atoms. The number of Topliss-reactive ketones (excluding diaryl/α,β-unsaturated/α-hetero) is 2. The molecule has 0 unspecified atom stereocenters. The minimum Gasteiger partial charge on any atom is -0.377 e. The van der Waals surface area contributed by atoms with Crippen LogP contribution in [0.4, 0.5) is 0 Å². The molecule has 2 aromatic rings. The highest BCUT2D eigenvalue weighted by molar-refractivity contribution is 6.08. The molecule has 0 bridgehead atoms. The van der Waals surface area contributed by atoms with E-state index in [0.29, 0.717) is 5.56 Å². The fourth-order valence-electron chi connectivity index (χ4n) is 1.97. The summed E-state index contributed by atoms with van der Waals surface area (Å²) in [5.41, 5.74) is 2.70. The largest absolute Gasteiger partial charge is 0.377 e. The van der Waals surface area contributed by atoms with E-state index in [4.69, 9.17) is 4.74 Å². The quantitative estimate of drug-likeness (QED) is 0.597. The van der Waals surface area contributed by atoms with Crippen LogP contribution in [0.3, 0.4) is 0 Å². The Morgan fingerprint density at radius 2 is 1.50 bits per heavy atom. The van der Waals surface area contributed by atoms with Gasteiger partial charge in [0.1, 0.15) is 6.61 Å². The van der Waals surface area contributed by atoms with Gasteiger partial charge in [-0.2, -0.15) is 0 Å². The SMILES string of the molecule is COCC(=O)CC(=O)c1ccc(-c2ccccc2)cc1. The number of ketones is 2. The average molecular weight is 268 g/mol. The van der Waals surface area contributed by atoms with Crippen molar-refractivity contribution in [3.63, 3.8) is 0 Å². The fourth-order valence-corrected chi connectivity index (χ4v) is 1.97. The summed E-state index contributed by atoms with van der Waals surface area (Å²) < 4.78 is 4.72. The van der Waals surface area contributed by atoms with Gasteiger partial charge in [-0.25, -0.2) is 0 Å². The topological polar surface area (TPSA) is 43.4 Å². The highest BCUT2D eigenvalue weighted by Gasteiger charge is 2.11. The zero-order valence-corrected chi connectivity index (χ0v) is 11.3. The smallest absolute Gasteiger partial charge is 0.170 e. The first-order valence-electron chi connectivity index (χ1n) is 6.40. The molecule has 0 aliphatic carbocycles. The number of methoxy groups -OCH3 is 1. The lowest BCUT2D eigenvalue weighted by molar-refractivity contribution is -0.121. The third-order valence-electron chi connectivity index (χ3n) is 2.98. The van der Waals surface area contributed by atoms with Crippen LogP contribution in [0.25, 0.3) is 11.1 Å². The molecule has 0 saturated carbocycles. The molecule has 0 saturated heterocycles. The number of carbonyl (C=O) groups is 2. The van der Waals surface area contributed by atoms with E-state index in [0.717, 1.165) is 11.1 Å². The Bertz CT molecular complexity index is 585. The van der Waals surface area contributed by atoms with Gasteiger partial charge in [0.15, 0.2) is 11.6 Å². The van der Waals surface area contributed by atoms with Crippen molar-refractivity contribution in [2.24, 2.45) is 0 Å². The van der Waals surface area contributed by atoms with Crippen LogP contribution in [0, 0.1) is 0 Å². The second kappa shape index (κ2) is 6.78. The first-order valence-corrected chi connectivity index (χ1v) is 6.40. The summed E-state index contributed by atoms with van der Waals surface area (Å²) in [5.74, 6) is -0.378. The summed E-state index contributed by atoms with van der Waals surface area (Å²) in [6.45, 7) is -0.0200. The summed E-state index contributed by atoms with van der Waals surface area (Å²) in [5, 5.41) is 0. The van der Waals surface area contributed by atoms with Crippen molar-refractivity contribution in [2.75, 3.05) is 13.7 Å². The molecule has 0 amide bonds. The van der Waals surface area contributed by atoms with Crippen LogP contribution in [0.5, 0.6) is 0 Å². The number of hydrogen-bond acceptors (Lipinski definition) is 3. The minimum absolute atomic E-state index is 0.0200. The third kappa shape index (κ3) is 3.62. The summed E-state index contributed by atoms with van der Waals surface area (Å²) in [4.78, 5) is 23.3. The number of benzene rings is 2. The Labute approximate surface area is 118 Å². The Morgan fingerprint density at radius 3 is 2.10 bits per heavy atom. The molecule has 3 nitrogen and oxygen atoms in total. The highest BCUT2D eigenvalue weighted by atomic mass is 16.5. The summed E-state index contributed by atoms with van der Waals surface area (Å²) >= 11 is 0. The van der Waals surface area contributed by atoms with Crippen LogP contribution in [0.2, 0.25) is 0 Å². The van der Waals surface area contributed by atoms with Crippen molar-refractivity contribution in [1.82, 2.24) is 0 Å². The molecule has 0 atom stereocenters. The van der Waals surface area contributed by atoms with Gasteiger partial charge in [0.2, 0.25) is 0 Å². The van der Waals surface area contributed by atoms with E-state index in [2.05, 4.69) is 0 Å². The van der Waals surface area contributed by atoms with Gasteiger partial charge in [0.05, 0.1) is 6.42 Å². The lowest BCUT2D eigenvalue weighted by atomic mass is 10.0. The predicted octanol–water partition coefficient (Wildman–Crippen LogP) is 3.14. The van der Waals surface area contributed by atoms with E-state index in [-0.39, 0.29) is 24.6 Å². The van der Waals surface area contributed by atoms with E-state index in [9.17, 15) is 9.59 Å². The minimum atomic E-state index is -0.204. The van der Waals surface area contributed by atoms with E-state index in [1.807, 2.05) is 42.5 Å². The first kappa shape index (κ1) is 14.2. The van der Waals surface area contributed by atoms with Crippen LogP contribution in [-0.2, 0) is 9.53 Å². The van der Waals surface area contributed by atoms with Gasteiger partial charge >= 0.3 is 0 Å². The normalized spacial score (nSPS) is 10.2. The molecular weight excluding hydrogens is 252 g/mol. The van der Waals surface area contributed by atoms with Crippen molar-refractivity contribution in [2.45, 2.75) is 6.42 Å². The molecule has 0 aliphatic rings. The highest BCUT2D eigenvalue weighted by Crippen LogP contribution is 2.19. The van der Waals surface area contributed by atoms with Crippen molar-refractivity contribution >= 4 is 11.6 Å². The van der Waals surface area contributed by atoms with Crippen LogP contribution in [-0.4, -0.2) is 25.3 Å². The Morgan fingerprint density at radius 1 is 0.900 bits per heavy atom. The second-order valence-corrected chi connectivity index (χ2v) is 4.52. The van der Waals surface area contributed by atoms with Crippen LogP contribution in [0.1, 0.15) is 16.8 Å². The molecule has 102 valence electrons. The molecule has 2 aromatic carbocycles. The fraction of sp³-hybridized carbons (Fsp3) is 0.176. The standard InChI is InChI=1S/C17H16O3/c1-20-12-16(18)11-17(19)15-9-7-14(8-10-15)13-5-3-2-4-6-13/h2-10H,11-12H2,1H3. The van der Waals surface area contributed by atoms with Gasteiger partial charge in [0.25, 0.3) is 0 Å². The number of ether oxygens (including phenoxy) is 1. The van der Waals surface area contributed by atoms with Gasteiger partial charge in [-0.15, -0.1) is 0 Å². The lowest BCUT2D eigenvalue weighted by Crippen LogP contribution is -2.12. The number of carbonyl (C=O) groups excluding carboxylic acids is 2. The van der Waals surface area contributed by atoms with E-state index < -0.39 is 0 Å². The summed E-state index contributed by atoms with van der Waals surface area (Å²) in [7, 11) is 1.44. The zero-order chi connectivity index (χ0) is 14.4. The molecule has 0 radical (unpaired) electrons. The van der Waals surface area contributed by atoms with E-state index in [1.165, 1.54) is 7.11 Å². The van der Waals surface area contributed by atoms with Gasteiger partial charge in [-0.05, 0) is 11.1 Å². The molecule has 2 rings (SSSR count). The van der Waals surface area contributed by atoms with Gasteiger partial charge in [-0.1, -0.05) is 54.6 Å². The molecule has 0 N–H and O–H groups in total. The molecular formula is C17H16O3. The predicted molar refractivity (Wildman–Crippen MR) is 77.7 cm³/mol. The maximum absolute atomic E-state index is 11.9. The monoisotopic (exact) mass is 268 g/mol. The molecule has 0 aromatic heterocycles. The van der Waals surface area contributed by atoms with E-state index in [1.54, 1.807) is 12.1 Å². The lowest BCUT2D eigenvalue weighted by Gasteiger charge is -2.04. The Balaban J connectivity index is 2.08. The summed E-state index contributed by atoms with van der Waals surface area (Å²) in [6, 6.07) is 17.2. The Kier molecular flexibility index (Phi) is 4.80. The maximum atomic E-state index is 11.9. The van der Waals surface area contributed by atoms with Crippen molar-refractivity contribution < 1.29 is 14.3 Å². The zero-order valence-electron chi connectivity index (χ0n) is 11.3. The number of rotatable bonds is 6. The maximum Gasteiger partial charge on any atom is 0.170 e. The first-order chi connectivity index (χ1) is 9.70. The van der Waals surface area contributed by atoms with Gasteiger partial charge < -0.3 is 4.74 Å². The molecule has 3 heteroatoms. The van der Waals surface area contributed by atoms with Gasteiger partial charge in [-0.3, -0.25) is 9.59 Å². The van der Waals surface area contributed by atoms with Crippen LogP contribution in [0.15, 0.2) is 54.6 Å². The van der Waals surface area contributed by atoms with Crippen LogP contribution < -0.4 is 0 Å². The van der Waals surface area contributed by atoms with Gasteiger partial charge in [0, 0.05) is 12.7 Å². The van der Waals surface area contributed by atoms with Crippen LogP contribution >= 0.6 is 0 Å². The molecule has 0 fully saturated rings. The van der Waals surface area contributed by atoms with Crippen molar-refractivity contribution in [1.29, 1.82) is 0 Å². The molecule has 0 heterocycles. The summed E-state index contributed by atoms with van der Waals surface area (Å²) in [6.07, 6.45) is -0.113. The molecule has 20 heavy (non-hydrogen) atoms. The van der Waals surface area contributed by atoms with E-state index >= 15 is 0 Å². The Hall–Kier alpha value is -2.26. The number of hydrogen-bond donors (Lipinski definition) is 0. The average Bonchev–Trinajstić information content (AvgIpc) is 2.48. The molecule has 0 aliphatic heterocycles.